The highest BCUT2D eigenvalue weighted by molar-refractivity contribution is 7.07. The van der Waals surface area contributed by atoms with Crippen LogP contribution in [0.5, 0.6) is 11.5 Å². The van der Waals surface area contributed by atoms with Crippen molar-refractivity contribution in [3.05, 3.63) is 138 Å². The molecule has 1 aromatic heterocycles. The first kappa shape index (κ1) is 29.4. The zero-order chi connectivity index (χ0) is 30.8. The van der Waals surface area contributed by atoms with Crippen molar-refractivity contribution in [2.45, 2.75) is 26.5 Å². The number of hydrogen-bond acceptors (Lipinski definition) is 7. The minimum Gasteiger partial charge on any atom is -0.493 e. The van der Waals surface area contributed by atoms with Gasteiger partial charge in [-0.25, -0.2) is 9.79 Å². The van der Waals surface area contributed by atoms with Crippen LogP contribution in [-0.4, -0.2) is 24.3 Å². The van der Waals surface area contributed by atoms with Crippen LogP contribution in [0.3, 0.4) is 0 Å². The van der Waals surface area contributed by atoms with Gasteiger partial charge in [0.05, 0.1) is 35.6 Å². The molecule has 5 aromatic rings. The molecule has 1 aliphatic rings. The Balaban J connectivity index is 1.44. The molecule has 222 valence electrons. The number of aromatic nitrogens is 1. The Labute approximate surface area is 262 Å². The third-order valence-electron chi connectivity index (χ3n) is 7.46. The van der Waals surface area contributed by atoms with E-state index in [1.54, 1.807) is 37.7 Å². The molecule has 0 saturated heterocycles. The molecule has 6 rings (SSSR count). The van der Waals surface area contributed by atoms with E-state index in [2.05, 4.69) is 0 Å². The van der Waals surface area contributed by atoms with Gasteiger partial charge in [-0.05, 0) is 60.0 Å². The van der Waals surface area contributed by atoms with Crippen molar-refractivity contribution in [3.8, 4) is 11.5 Å². The van der Waals surface area contributed by atoms with Gasteiger partial charge in [0.25, 0.3) is 5.56 Å². The monoisotopic (exact) mass is 624 g/mol. The highest BCUT2D eigenvalue weighted by Crippen LogP contribution is 2.35. The number of halogens is 1. The van der Waals surface area contributed by atoms with Crippen molar-refractivity contribution in [3.63, 3.8) is 0 Å². The van der Waals surface area contributed by atoms with Crippen LogP contribution in [-0.2, 0) is 16.1 Å². The van der Waals surface area contributed by atoms with E-state index >= 15 is 0 Å². The van der Waals surface area contributed by atoms with Crippen LogP contribution in [0.2, 0.25) is 5.02 Å². The molecule has 0 fully saturated rings. The van der Waals surface area contributed by atoms with E-state index in [0.717, 1.165) is 27.5 Å². The number of fused-ring (bicyclic) bond motifs is 2. The number of nitrogens with zero attached hydrogens (tertiary/aromatic N) is 2. The second-order valence-corrected chi connectivity index (χ2v) is 11.6. The van der Waals surface area contributed by atoms with E-state index < -0.39 is 12.0 Å². The zero-order valence-corrected chi connectivity index (χ0v) is 25.9. The Morgan fingerprint density at radius 3 is 2.59 bits per heavy atom. The minimum absolute atomic E-state index is 0.211. The third kappa shape index (κ3) is 5.54. The number of carbonyl (C=O) groups excluding carboxylic acids is 1. The second-order valence-electron chi connectivity index (χ2n) is 10.2. The van der Waals surface area contributed by atoms with Crippen LogP contribution in [0, 0.1) is 0 Å². The highest BCUT2D eigenvalue weighted by atomic mass is 35.5. The number of rotatable bonds is 8. The Morgan fingerprint density at radius 1 is 1.02 bits per heavy atom. The second kappa shape index (κ2) is 12.5. The molecular weight excluding hydrogens is 596 g/mol. The zero-order valence-electron chi connectivity index (χ0n) is 24.4. The first-order valence-electron chi connectivity index (χ1n) is 14.1. The van der Waals surface area contributed by atoms with Crippen LogP contribution < -0.4 is 24.4 Å². The van der Waals surface area contributed by atoms with Crippen molar-refractivity contribution >= 4 is 45.8 Å². The Kier molecular flexibility index (Phi) is 8.37. The van der Waals surface area contributed by atoms with Crippen LogP contribution in [0.15, 0.2) is 106 Å². The van der Waals surface area contributed by atoms with E-state index in [1.807, 2.05) is 78.9 Å². The summed E-state index contributed by atoms with van der Waals surface area (Å²) in [4.78, 5) is 32.7. The molecule has 0 bridgehead atoms. The molecule has 0 amide bonds. The molecule has 0 aliphatic carbocycles. The van der Waals surface area contributed by atoms with Gasteiger partial charge in [-0.1, -0.05) is 89.7 Å². The van der Waals surface area contributed by atoms with Crippen LogP contribution in [0.4, 0.5) is 0 Å². The standard InChI is InChI=1S/C35H29ClN2O5S/c1-4-42-34(40)31-21(2)37-35-38(32(31)26-14-9-12-23-10-5-7-13-25(23)26)33(39)30(44-35)19-22-16-17-28(29(18-22)41-3)43-20-24-11-6-8-15-27(24)36/h5-19,32H,4,20H2,1-3H3. The van der Waals surface area contributed by atoms with Crippen LogP contribution in [0.1, 0.15) is 36.6 Å². The predicted octanol–water partition coefficient (Wildman–Crippen LogP) is 6.19. The summed E-state index contributed by atoms with van der Waals surface area (Å²) in [5.74, 6) is 0.586. The Hall–Kier alpha value is -4.66. The summed E-state index contributed by atoms with van der Waals surface area (Å²) in [5, 5.41) is 2.58. The maximum atomic E-state index is 14.1. The lowest BCUT2D eigenvalue weighted by atomic mass is 9.91. The lowest BCUT2D eigenvalue weighted by Gasteiger charge is -2.25. The summed E-state index contributed by atoms with van der Waals surface area (Å²) in [6, 6.07) is 26.1. The largest absolute Gasteiger partial charge is 0.493 e. The van der Waals surface area contributed by atoms with E-state index in [4.69, 9.17) is 30.8 Å². The summed E-state index contributed by atoms with van der Waals surface area (Å²) >= 11 is 7.56. The van der Waals surface area contributed by atoms with Gasteiger partial charge in [0.15, 0.2) is 16.3 Å². The highest BCUT2D eigenvalue weighted by Gasteiger charge is 2.34. The maximum absolute atomic E-state index is 14.1. The molecular formula is C35H29ClN2O5S. The number of methoxy groups -OCH3 is 1. The molecule has 2 heterocycles. The molecule has 0 radical (unpaired) electrons. The van der Waals surface area contributed by atoms with E-state index in [9.17, 15) is 9.59 Å². The van der Waals surface area contributed by atoms with Crippen molar-refractivity contribution in [2.75, 3.05) is 13.7 Å². The van der Waals surface area contributed by atoms with Crippen LogP contribution >= 0.6 is 22.9 Å². The summed E-state index contributed by atoms with van der Waals surface area (Å²) in [7, 11) is 1.57. The summed E-state index contributed by atoms with van der Waals surface area (Å²) < 4.78 is 19.1. The predicted molar refractivity (Wildman–Crippen MR) is 173 cm³/mol. The number of allylic oxidation sites excluding steroid dienone is 1. The minimum atomic E-state index is -0.700. The van der Waals surface area contributed by atoms with Gasteiger partial charge in [0.2, 0.25) is 0 Å². The number of benzene rings is 4. The quantitative estimate of drug-likeness (QED) is 0.192. The first-order chi connectivity index (χ1) is 21.4. The van der Waals surface area contributed by atoms with Gasteiger partial charge in [-0.15, -0.1) is 0 Å². The van der Waals surface area contributed by atoms with Gasteiger partial charge >= 0.3 is 5.97 Å². The summed E-state index contributed by atoms with van der Waals surface area (Å²) in [6.45, 7) is 4.04. The smallest absolute Gasteiger partial charge is 0.338 e. The van der Waals surface area contributed by atoms with E-state index in [0.29, 0.717) is 37.1 Å². The van der Waals surface area contributed by atoms with Gasteiger partial charge in [0.1, 0.15) is 6.61 Å². The number of thiazole rings is 1. The average Bonchev–Trinajstić information content (AvgIpc) is 3.33. The number of esters is 1. The lowest BCUT2D eigenvalue weighted by Crippen LogP contribution is -2.40. The van der Waals surface area contributed by atoms with E-state index in [-0.39, 0.29) is 18.8 Å². The molecule has 0 spiro atoms. The van der Waals surface area contributed by atoms with Crippen molar-refractivity contribution < 1.29 is 19.0 Å². The van der Waals surface area contributed by atoms with Gasteiger partial charge < -0.3 is 14.2 Å². The fourth-order valence-corrected chi connectivity index (χ4v) is 6.63. The van der Waals surface area contributed by atoms with Gasteiger partial charge in [0, 0.05) is 10.6 Å². The van der Waals surface area contributed by atoms with Crippen molar-refractivity contribution in [1.82, 2.24) is 4.57 Å². The fourth-order valence-electron chi connectivity index (χ4n) is 5.39. The van der Waals surface area contributed by atoms with E-state index in [1.165, 1.54) is 11.3 Å². The molecule has 0 saturated carbocycles. The van der Waals surface area contributed by atoms with Crippen molar-refractivity contribution in [2.24, 2.45) is 4.99 Å². The topological polar surface area (TPSA) is 79.1 Å². The van der Waals surface area contributed by atoms with Gasteiger partial charge in [-0.3, -0.25) is 9.36 Å². The Morgan fingerprint density at radius 2 is 1.80 bits per heavy atom. The molecule has 9 heteroatoms. The molecule has 0 N–H and O–H groups in total. The molecule has 4 aromatic carbocycles. The molecule has 1 atom stereocenters. The molecule has 1 unspecified atom stereocenters. The number of carbonyl (C=O) groups is 1. The fraction of sp³-hybridized carbons (Fsp3) is 0.171. The number of ether oxygens (including phenoxy) is 3. The SMILES string of the molecule is CCOC(=O)C1=C(C)N=c2sc(=Cc3ccc(OCc4ccccc4Cl)c(OC)c3)c(=O)n2C1c1cccc2ccccc12. The average molecular weight is 625 g/mol. The first-order valence-corrected chi connectivity index (χ1v) is 15.3. The normalized spacial score (nSPS) is 14.7. The third-order valence-corrected chi connectivity index (χ3v) is 8.81. The van der Waals surface area contributed by atoms with Crippen LogP contribution in [0.25, 0.3) is 16.8 Å². The molecule has 44 heavy (non-hydrogen) atoms. The molecule has 1 aliphatic heterocycles. The summed E-state index contributed by atoms with van der Waals surface area (Å²) in [6.07, 6.45) is 1.80. The van der Waals surface area contributed by atoms with Crippen molar-refractivity contribution in [1.29, 1.82) is 0 Å². The summed E-state index contributed by atoms with van der Waals surface area (Å²) in [5.41, 5.74) is 3.06. The lowest BCUT2D eigenvalue weighted by molar-refractivity contribution is -0.139. The molecule has 7 nitrogen and oxygen atoms in total. The maximum Gasteiger partial charge on any atom is 0.338 e. The Bertz CT molecular complexity index is 2110. The van der Waals surface area contributed by atoms with Gasteiger partial charge in [-0.2, -0.15) is 0 Å². The number of hydrogen-bond donors (Lipinski definition) is 0.